The fourth-order valence-corrected chi connectivity index (χ4v) is 4.20. The molecule has 0 spiro atoms. The maximum Gasteiger partial charge on any atom is 0.244 e. The van der Waals surface area contributed by atoms with Crippen LogP contribution in [0.15, 0.2) is 23.4 Å². The summed E-state index contributed by atoms with van der Waals surface area (Å²) in [6.45, 7) is 0.392. The van der Waals surface area contributed by atoms with Crippen LogP contribution in [0.25, 0.3) is 0 Å². The van der Waals surface area contributed by atoms with E-state index in [0.29, 0.717) is 11.9 Å². The molecule has 1 aliphatic carbocycles. The predicted molar refractivity (Wildman–Crippen MR) is 69.5 cm³/mol. The van der Waals surface area contributed by atoms with Crippen molar-refractivity contribution in [3.63, 3.8) is 0 Å². The Morgan fingerprint density at radius 1 is 1.44 bits per heavy atom. The Morgan fingerprint density at radius 2 is 2.17 bits per heavy atom. The number of aromatic nitrogens is 1. The number of alkyl halides is 1. The molecule has 7 heteroatoms. The van der Waals surface area contributed by atoms with E-state index in [0.717, 1.165) is 31.5 Å². The van der Waals surface area contributed by atoms with E-state index in [4.69, 9.17) is 0 Å². The molecule has 1 aromatic heterocycles. The quantitative estimate of drug-likeness (QED) is 0.774. The number of rotatable bonds is 5. The van der Waals surface area contributed by atoms with Crippen molar-refractivity contribution in [1.29, 1.82) is 0 Å². The molecule has 2 rings (SSSR count). The van der Waals surface area contributed by atoms with E-state index in [9.17, 15) is 12.8 Å². The van der Waals surface area contributed by atoms with Crippen molar-refractivity contribution in [3.05, 3.63) is 24.3 Å². The first-order chi connectivity index (χ1) is 8.55. The van der Waals surface area contributed by atoms with Crippen molar-refractivity contribution in [2.45, 2.75) is 30.2 Å². The van der Waals surface area contributed by atoms with Gasteiger partial charge in [-0.05, 0) is 18.9 Å². The van der Waals surface area contributed by atoms with Gasteiger partial charge in [-0.2, -0.15) is 4.31 Å². The average molecular weight is 337 g/mol. The third-order valence-corrected chi connectivity index (χ3v) is 5.35. The molecule has 0 N–H and O–H groups in total. The van der Waals surface area contributed by atoms with Crippen molar-refractivity contribution >= 4 is 26.0 Å². The number of pyridine rings is 1. The monoisotopic (exact) mass is 336 g/mol. The fourth-order valence-electron chi connectivity index (χ4n) is 1.93. The van der Waals surface area contributed by atoms with Gasteiger partial charge in [-0.25, -0.2) is 12.8 Å². The smallest absolute Gasteiger partial charge is 0.244 e. The van der Waals surface area contributed by atoms with Gasteiger partial charge in [0, 0.05) is 24.1 Å². The van der Waals surface area contributed by atoms with Crippen LogP contribution in [0.4, 0.5) is 4.39 Å². The van der Waals surface area contributed by atoms with E-state index in [1.54, 1.807) is 0 Å². The molecular weight excluding hydrogens is 323 g/mol. The first kappa shape index (κ1) is 13.9. The minimum atomic E-state index is -3.64. The zero-order chi connectivity index (χ0) is 13.2. The van der Waals surface area contributed by atoms with Gasteiger partial charge in [0.25, 0.3) is 0 Å². The summed E-state index contributed by atoms with van der Waals surface area (Å²) in [5.74, 6) is -0.636. The molecule has 1 aliphatic rings. The number of hydrogen-bond donors (Lipinski definition) is 0. The van der Waals surface area contributed by atoms with Gasteiger partial charge in [0.2, 0.25) is 10.0 Å². The van der Waals surface area contributed by atoms with Crippen molar-refractivity contribution in [2.75, 3.05) is 11.9 Å². The van der Waals surface area contributed by atoms with Crippen LogP contribution < -0.4 is 0 Å². The maximum atomic E-state index is 13.1. The van der Waals surface area contributed by atoms with E-state index in [1.807, 2.05) is 0 Å². The first-order valence-corrected chi connectivity index (χ1v) is 8.30. The minimum Gasteiger partial charge on any atom is -0.260 e. The molecule has 0 aliphatic heterocycles. The minimum absolute atomic E-state index is 0.0378. The summed E-state index contributed by atoms with van der Waals surface area (Å²) in [5.41, 5.74) is 0. The summed E-state index contributed by atoms with van der Waals surface area (Å²) in [4.78, 5) is 3.53. The van der Waals surface area contributed by atoms with Gasteiger partial charge in [-0.1, -0.05) is 22.4 Å². The number of sulfonamides is 1. The van der Waals surface area contributed by atoms with Gasteiger partial charge in [0.05, 0.1) is 6.20 Å². The van der Waals surface area contributed by atoms with E-state index in [2.05, 4.69) is 20.9 Å². The highest BCUT2D eigenvalue weighted by atomic mass is 79.9. The molecule has 0 bridgehead atoms. The van der Waals surface area contributed by atoms with Crippen molar-refractivity contribution < 1.29 is 12.8 Å². The molecule has 0 unspecified atom stereocenters. The predicted octanol–water partition coefficient (Wildman–Crippen LogP) is 2.16. The van der Waals surface area contributed by atoms with E-state index < -0.39 is 15.8 Å². The SMILES string of the molecule is O=S(=O)(c1cncc(F)c1)N(CCBr)C1CCC1. The Morgan fingerprint density at radius 3 is 2.67 bits per heavy atom. The average Bonchev–Trinajstić information content (AvgIpc) is 2.26. The van der Waals surface area contributed by atoms with Crippen LogP contribution in [0.2, 0.25) is 0 Å². The van der Waals surface area contributed by atoms with Crippen molar-refractivity contribution in [1.82, 2.24) is 9.29 Å². The van der Waals surface area contributed by atoms with Gasteiger partial charge < -0.3 is 0 Å². The van der Waals surface area contributed by atoms with Gasteiger partial charge in [-0.15, -0.1) is 0 Å². The number of hydrogen-bond acceptors (Lipinski definition) is 3. The van der Waals surface area contributed by atoms with Gasteiger partial charge >= 0.3 is 0 Å². The Balaban J connectivity index is 2.32. The molecule has 4 nitrogen and oxygen atoms in total. The maximum absolute atomic E-state index is 13.1. The molecule has 1 heterocycles. The molecular formula is C11H14BrFN2O2S. The molecule has 1 aromatic rings. The second-order valence-corrected chi connectivity index (χ2v) is 6.91. The van der Waals surface area contributed by atoms with Crippen LogP contribution in [0.3, 0.4) is 0 Å². The molecule has 18 heavy (non-hydrogen) atoms. The lowest BCUT2D eigenvalue weighted by Gasteiger charge is -2.36. The van der Waals surface area contributed by atoms with Crippen LogP contribution >= 0.6 is 15.9 Å². The van der Waals surface area contributed by atoms with Gasteiger partial charge in [0.1, 0.15) is 10.7 Å². The molecule has 0 atom stereocenters. The molecule has 0 aromatic carbocycles. The summed E-state index contributed by atoms with van der Waals surface area (Å²) in [6.07, 6.45) is 4.97. The normalized spacial score (nSPS) is 16.8. The van der Waals surface area contributed by atoms with Gasteiger partial charge in [-0.3, -0.25) is 4.98 Å². The zero-order valence-corrected chi connectivity index (χ0v) is 12.1. The lowest BCUT2D eigenvalue weighted by molar-refractivity contribution is 0.228. The van der Waals surface area contributed by atoms with Crippen LogP contribution in [-0.4, -0.2) is 35.6 Å². The standard InChI is InChI=1S/C11H14BrFN2O2S/c12-4-5-15(10-2-1-3-10)18(16,17)11-6-9(13)7-14-8-11/h6-8,10H,1-5H2. The molecule has 1 saturated carbocycles. The Bertz CT molecular complexity index is 520. The summed E-state index contributed by atoms with van der Waals surface area (Å²) >= 11 is 3.26. The second kappa shape index (κ2) is 5.63. The molecule has 0 saturated heterocycles. The third kappa shape index (κ3) is 2.73. The van der Waals surface area contributed by atoms with Crippen LogP contribution in [-0.2, 0) is 10.0 Å². The highest BCUT2D eigenvalue weighted by molar-refractivity contribution is 9.09. The van der Waals surface area contributed by atoms with E-state index in [1.165, 1.54) is 10.5 Å². The fraction of sp³-hybridized carbons (Fsp3) is 0.545. The molecule has 0 amide bonds. The summed E-state index contributed by atoms with van der Waals surface area (Å²) in [7, 11) is -3.64. The van der Waals surface area contributed by atoms with Crippen LogP contribution in [0, 0.1) is 5.82 Å². The van der Waals surface area contributed by atoms with E-state index >= 15 is 0 Å². The van der Waals surface area contributed by atoms with E-state index in [-0.39, 0.29) is 10.9 Å². The lowest BCUT2D eigenvalue weighted by atomic mass is 9.93. The second-order valence-electron chi connectivity index (χ2n) is 4.23. The van der Waals surface area contributed by atoms with Gasteiger partial charge in [0.15, 0.2) is 0 Å². The Kier molecular flexibility index (Phi) is 4.34. The zero-order valence-electron chi connectivity index (χ0n) is 9.72. The van der Waals surface area contributed by atoms with Crippen LogP contribution in [0.5, 0.6) is 0 Å². The van der Waals surface area contributed by atoms with Crippen LogP contribution in [0.1, 0.15) is 19.3 Å². The molecule has 100 valence electrons. The summed E-state index contributed by atoms with van der Waals surface area (Å²) < 4.78 is 39.3. The summed E-state index contributed by atoms with van der Waals surface area (Å²) in [6, 6.07) is 1.05. The topological polar surface area (TPSA) is 50.3 Å². The number of nitrogens with zero attached hydrogens (tertiary/aromatic N) is 2. The highest BCUT2D eigenvalue weighted by Gasteiger charge is 2.34. The summed E-state index contributed by atoms with van der Waals surface area (Å²) in [5, 5.41) is 0.561. The Labute approximate surface area is 114 Å². The number of halogens is 2. The van der Waals surface area contributed by atoms with Crippen molar-refractivity contribution in [2.24, 2.45) is 0 Å². The molecule has 1 fully saturated rings. The van der Waals surface area contributed by atoms with Crippen molar-refractivity contribution in [3.8, 4) is 0 Å². The highest BCUT2D eigenvalue weighted by Crippen LogP contribution is 2.29. The Hall–Kier alpha value is -0.530. The lowest BCUT2D eigenvalue weighted by Crippen LogP contribution is -2.45. The largest absolute Gasteiger partial charge is 0.260 e. The first-order valence-electron chi connectivity index (χ1n) is 5.74. The third-order valence-electron chi connectivity index (χ3n) is 3.07. The molecule has 0 radical (unpaired) electrons.